The molecule has 0 fully saturated rings. The average Bonchev–Trinajstić information content (AvgIpc) is 2.23. The molecule has 2 nitrogen and oxygen atoms in total. The summed E-state index contributed by atoms with van der Waals surface area (Å²) in [6.45, 7) is 9.43. The topological polar surface area (TPSA) is 21.3 Å². The number of methoxy groups -OCH3 is 1. The van der Waals surface area contributed by atoms with Gasteiger partial charge in [-0.2, -0.15) is 0 Å². The van der Waals surface area contributed by atoms with Gasteiger partial charge < -0.3 is 10.1 Å². The summed E-state index contributed by atoms with van der Waals surface area (Å²) in [5.41, 5.74) is 3.66. The van der Waals surface area contributed by atoms with Crippen LogP contribution in [0.15, 0.2) is 10.5 Å². The Balaban J connectivity index is 3.32. The second-order valence-corrected chi connectivity index (χ2v) is 4.88. The standard InChI is InChI=1S/C13H20BrNO/c1-6-15-10(4)12-9(3)11(14)7-8(2)13(12)16-5/h7,10,15H,6H2,1-5H3. The molecule has 1 rings (SSSR count). The number of halogens is 1. The van der Waals surface area contributed by atoms with E-state index in [2.05, 4.69) is 55.0 Å². The van der Waals surface area contributed by atoms with Crippen molar-refractivity contribution >= 4 is 15.9 Å². The molecule has 1 unspecified atom stereocenters. The van der Waals surface area contributed by atoms with Crippen LogP contribution in [0.5, 0.6) is 5.75 Å². The molecule has 0 aliphatic rings. The smallest absolute Gasteiger partial charge is 0.126 e. The zero-order valence-electron chi connectivity index (χ0n) is 10.6. The summed E-state index contributed by atoms with van der Waals surface area (Å²) >= 11 is 3.60. The Morgan fingerprint density at radius 3 is 2.56 bits per heavy atom. The molecule has 0 spiro atoms. The van der Waals surface area contributed by atoms with E-state index < -0.39 is 0 Å². The van der Waals surface area contributed by atoms with Crippen molar-refractivity contribution in [2.24, 2.45) is 0 Å². The van der Waals surface area contributed by atoms with Gasteiger partial charge in [0.05, 0.1) is 7.11 Å². The van der Waals surface area contributed by atoms with Crippen molar-refractivity contribution in [2.45, 2.75) is 33.7 Å². The van der Waals surface area contributed by atoms with Crippen molar-refractivity contribution < 1.29 is 4.74 Å². The maximum atomic E-state index is 5.52. The van der Waals surface area contributed by atoms with Crippen molar-refractivity contribution in [2.75, 3.05) is 13.7 Å². The minimum Gasteiger partial charge on any atom is -0.496 e. The Morgan fingerprint density at radius 1 is 1.44 bits per heavy atom. The number of ether oxygens (including phenoxy) is 1. The molecule has 0 amide bonds. The molecule has 1 aromatic carbocycles. The first-order valence-corrected chi connectivity index (χ1v) is 6.39. The van der Waals surface area contributed by atoms with Gasteiger partial charge in [0.15, 0.2) is 0 Å². The van der Waals surface area contributed by atoms with Crippen LogP contribution in [0.3, 0.4) is 0 Å². The summed E-state index contributed by atoms with van der Waals surface area (Å²) in [4.78, 5) is 0. The lowest BCUT2D eigenvalue weighted by Gasteiger charge is -2.21. The molecule has 0 radical (unpaired) electrons. The van der Waals surface area contributed by atoms with Gasteiger partial charge in [0.25, 0.3) is 0 Å². The number of aryl methyl sites for hydroxylation is 1. The molecule has 0 aromatic heterocycles. The fourth-order valence-corrected chi connectivity index (χ4v) is 2.63. The number of benzene rings is 1. The Labute approximate surface area is 107 Å². The van der Waals surface area contributed by atoms with Crippen LogP contribution in [0.2, 0.25) is 0 Å². The van der Waals surface area contributed by atoms with Crippen molar-refractivity contribution in [1.82, 2.24) is 5.32 Å². The van der Waals surface area contributed by atoms with E-state index in [0.29, 0.717) is 6.04 Å². The van der Waals surface area contributed by atoms with Gasteiger partial charge in [-0.3, -0.25) is 0 Å². The van der Waals surface area contributed by atoms with E-state index in [0.717, 1.165) is 16.8 Å². The fraction of sp³-hybridized carbons (Fsp3) is 0.538. The summed E-state index contributed by atoms with van der Waals surface area (Å²) < 4.78 is 6.66. The zero-order valence-corrected chi connectivity index (χ0v) is 12.2. The van der Waals surface area contributed by atoms with Crippen LogP contribution in [-0.2, 0) is 0 Å². The van der Waals surface area contributed by atoms with Crippen LogP contribution in [0, 0.1) is 13.8 Å². The maximum absolute atomic E-state index is 5.52. The highest BCUT2D eigenvalue weighted by Gasteiger charge is 2.17. The minimum atomic E-state index is 0.302. The molecule has 3 heteroatoms. The first-order valence-electron chi connectivity index (χ1n) is 5.59. The van der Waals surface area contributed by atoms with Crippen LogP contribution >= 0.6 is 15.9 Å². The lowest BCUT2D eigenvalue weighted by molar-refractivity contribution is 0.398. The minimum absolute atomic E-state index is 0.302. The van der Waals surface area contributed by atoms with Crippen LogP contribution in [0.4, 0.5) is 0 Å². The van der Waals surface area contributed by atoms with Crippen LogP contribution < -0.4 is 10.1 Å². The zero-order chi connectivity index (χ0) is 12.3. The van der Waals surface area contributed by atoms with Gasteiger partial charge in [-0.15, -0.1) is 0 Å². The first-order chi connectivity index (χ1) is 7.52. The van der Waals surface area contributed by atoms with Gasteiger partial charge in [-0.25, -0.2) is 0 Å². The highest BCUT2D eigenvalue weighted by Crippen LogP contribution is 2.36. The van der Waals surface area contributed by atoms with E-state index in [-0.39, 0.29) is 0 Å². The molecular weight excluding hydrogens is 266 g/mol. The largest absolute Gasteiger partial charge is 0.496 e. The fourth-order valence-electron chi connectivity index (χ4n) is 2.08. The van der Waals surface area contributed by atoms with Gasteiger partial charge in [0.2, 0.25) is 0 Å². The monoisotopic (exact) mass is 285 g/mol. The van der Waals surface area contributed by atoms with E-state index in [1.54, 1.807) is 7.11 Å². The normalized spacial score (nSPS) is 12.6. The Kier molecular flexibility index (Phi) is 4.81. The highest BCUT2D eigenvalue weighted by molar-refractivity contribution is 9.10. The van der Waals surface area contributed by atoms with Crippen molar-refractivity contribution in [3.8, 4) is 5.75 Å². The molecule has 16 heavy (non-hydrogen) atoms. The molecular formula is C13H20BrNO. The molecule has 0 saturated carbocycles. The number of hydrogen-bond donors (Lipinski definition) is 1. The van der Waals surface area contributed by atoms with E-state index >= 15 is 0 Å². The molecule has 0 heterocycles. The summed E-state index contributed by atoms with van der Waals surface area (Å²) in [7, 11) is 1.73. The van der Waals surface area contributed by atoms with E-state index in [4.69, 9.17) is 4.74 Å². The SMILES string of the molecule is CCNC(C)c1c(C)c(Br)cc(C)c1OC. The van der Waals surface area contributed by atoms with E-state index in [9.17, 15) is 0 Å². The molecule has 0 aliphatic carbocycles. The van der Waals surface area contributed by atoms with Crippen molar-refractivity contribution in [3.05, 3.63) is 27.2 Å². The second kappa shape index (κ2) is 5.69. The number of nitrogens with one attached hydrogen (secondary N) is 1. The van der Waals surface area contributed by atoms with Gasteiger partial charge in [-0.05, 0) is 44.5 Å². The average molecular weight is 286 g/mol. The van der Waals surface area contributed by atoms with Crippen LogP contribution in [0.1, 0.15) is 36.6 Å². The first kappa shape index (κ1) is 13.5. The van der Waals surface area contributed by atoms with Crippen LogP contribution in [-0.4, -0.2) is 13.7 Å². The Hall–Kier alpha value is -0.540. The van der Waals surface area contributed by atoms with Gasteiger partial charge in [-0.1, -0.05) is 22.9 Å². The quantitative estimate of drug-likeness (QED) is 0.910. The predicted octanol–water partition coefficient (Wildman–Crippen LogP) is 3.75. The van der Waals surface area contributed by atoms with Gasteiger partial charge >= 0.3 is 0 Å². The van der Waals surface area contributed by atoms with Crippen molar-refractivity contribution in [1.29, 1.82) is 0 Å². The molecule has 1 aromatic rings. The second-order valence-electron chi connectivity index (χ2n) is 4.03. The third-order valence-electron chi connectivity index (χ3n) is 2.86. The molecule has 90 valence electrons. The van der Waals surface area contributed by atoms with Gasteiger partial charge in [0.1, 0.15) is 5.75 Å². The van der Waals surface area contributed by atoms with Crippen LogP contribution in [0.25, 0.3) is 0 Å². The molecule has 0 saturated heterocycles. The Morgan fingerprint density at radius 2 is 2.06 bits per heavy atom. The Bertz CT molecular complexity index is 377. The third kappa shape index (κ3) is 2.58. The van der Waals surface area contributed by atoms with E-state index in [1.807, 2.05) is 0 Å². The predicted molar refractivity (Wildman–Crippen MR) is 72.3 cm³/mol. The molecule has 1 N–H and O–H groups in total. The van der Waals surface area contributed by atoms with Gasteiger partial charge in [0, 0.05) is 16.1 Å². The maximum Gasteiger partial charge on any atom is 0.126 e. The summed E-state index contributed by atoms with van der Waals surface area (Å²) in [5, 5.41) is 3.43. The molecule has 0 bridgehead atoms. The van der Waals surface area contributed by atoms with Crippen molar-refractivity contribution in [3.63, 3.8) is 0 Å². The lowest BCUT2D eigenvalue weighted by Crippen LogP contribution is -2.19. The lowest BCUT2D eigenvalue weighted by atomic mass is 9.98. The third-order valence-corrected chi connectivity index (χ3v) is 3.68. The van der Waals surface area contributed by atoms with E-state index in [1.165, 1.54) is 16.7 Å². The molecule has 0 aliphatic heterocycles. The number of rotatable bonds is 4. The summed E-state index contributed by atoms with van der Waals surface area (Å²) in [6, 6.07) is 2.41. The summed E-state index contributed by atoms with van der Waals surface area (Å²) in [6.07, 6.45) is 0. The number of hydrogen-bond acceptors (Lipinski definition) is 2. The summed E-state index contributed by atoms with van der Waals surface area (Å²) in [5.74, 6) is 0.995. The highest BCUT2D eigenvalue weighted by atomic mass is 79.9. The molecule has 1 atom stereocenters.